The maximum absolute atomic E-state index is 12.9. The van der Waals surface area contributed by atoms with Crippen molar-refractivity contribution in [1.82, 2.24) is 0 Å². The van der Waals surface area contributed by atoms with Crippen molar-refractivity contribution in [1.29, 1.82) is 0 Å². The van der Waals surface area contributed by atoms with Gasteiger partial charge in [-0.25, -0.2) is 4.79 Å². The molecule has 0 aromatic heterocycles. The van der Waals surface area contributed by atoms with E-state index < -0.39 is 33.3 Å². The Bertz CT molecular complexity index is 1060. The average molecular weight is 448 g/mol. The third-order valence-electron chi connectivity index (χ3n) is 5.67. The smallest absolute Gasteiger partial charge is 0.338 e. The molecule has 0 aliphatic heterocycles. The van der Waals surface area contributed by atoms with E-state index in [0.717, 1.165) is 29.3 Å². The zero-order valence-electron chi connectivity index (χ0n) is 18.3. The van der Waals surface area contributed by atoms with E-state index in [-0.39, 0.29) is 17.4 Å². The van der Waals surface area contributed by atoms with E-state index in [1.807, 2.05) is 67.6 Å². The summed E-state index contributed by atoms with van der Waals surface area (Å²) in [5, 5.41) is 22.3. The topological polar surface area (TPSA) is 113 Å². The minimum Gasteiger partial charge on any atom is -0.459 e. The highest BCUT2D eigenvalue weighted by Crippen LogP contribution is 2.37. The summed E-state index contributed by atoms with van der Waals surface area (Å²) < 4.78 is 5.70. The number of esters is 1. The van der Waals surface area contributed by atoms with Crippen LogP contribution in [-0.2, 0) is 4.74 Å². The number of benzene rings is 3. The van der Waals surface area contributed by atoms with Gasteiger partial charge in [0, 0.05) is 24.0 Å². The molecule has 0 fully saturated rings. The summed E-state index contributed by atoms with van der Waals surface area (Å²) in [6.07, 6.45) is 0.129. The highest BCUT2D eigenvalue weighted by atomic mass is 16.6. The first-order valence-corrected chi connectivity index (χ1v) is 10.6. The van der Waals surface area contributed by atoms with Crippen LogP contribution in [0.3, 0.4) is 0 Å². The van der Waals surface area contributed by atoms with Crippen LogP contribution in [0, 0.1) is 26.1 Å². The quantitative estimate of drug-likeness (QED) is 0.229. The molecule has 0 spiro atoms. The fourth-order valence-corrected chi connectivity index (χ4v) is 4.09. The van der Waals surface area contributed by atoms with E-state index in [1.165, 1.54) is 0 Å². The van der Waals surface area contributed by atoms with Crippen LogP contribution in [0.1, 0.15) is 47.7 Å². The molecular formula is C25H24N2O6. The third-order valence-corrected chi connectivity index (χ3v) is 5.67. The van der Waals surface area contributed by atoms with E-state index in [4.69, 9.17) is 4.74 Å². The fourth-order valence-electron chi connectivity index (χ4n) is 4.09. The molecule has 8 heteroatoms. The van der Waals surface area contributed by atoms with E-state index in [9.17, 15) is 25.0 Å². The number of hydrogen-bond acceptors (Lipinski definition) is 6. The molecule has 0 saturated carbocycles. The van der Waals surface area contributed by atoms with Gasteiger partial charge < -0.3 is 4.74 Å². The maximum atomic E-state index is 12.9. The molecule has 0 amide bonds. The number of carbonyl (C=O) groups excluding carboxylic acids is 1. The largest absolute Gasteiger partial charge is 0.459 e. The Kier molecular flexibility index (Phi) is 7.50. The molecule has 0 N–H and O–H groups in total. The highest BCUT2D eigenvalue weighted by molar-refractivity contribution is 5.91. The maximum Gasteiger partial charge on any atom is 0.338 e. The normalized spacial score (nSPS) is 12.7. The zero-order valence-corrected chi connectivity index (χ0v) is 18.3. The Balaban J connectivity index is 1.92. The summed E-state index contributed by atoms with van der Waals surface area (Å²) in [7, 11) is 0. The van der Waals surface area contributed by atoms with E-state index in [2.05, 4.69) is 0 Å². The van der Waals surface area contributed by atoms with Gasteiger partial charge in [-0.05, 0) is 24.5 Å². The first-order valence-electron chi connectivity index (χ1n) is 10.6. The number of rotatable bonds is 9. The van der Waals surface area contributed by atoms with Gasteiger partial charge in [-0.3, -0.25) is 20.2 Å². The predicted octanol–water partition coefficient (Wildman–Crippen LogP) is 5.91. The van der Waals surface area contributed by atoms with Crippen molar-refractivity contribution in [2.45, 2.75) is 32.3 Å². The van der Waals surface area contributed by atoms with Gasteiger partial charge in [0.05, 0.1) is 21.5 Å². The summed E-state index contributed by atoms with van der Waals surface area (Å²) in [6.45, 7) is 3.78. The molecule has 2 atom stereocenters. The first kappa shape index (κ1) is 23.6. The van der Waals surface area contributed by atoms with Gasteiger partial charge in [0.25, 0.3) is 11.4 Å². The van der Waals surface area contributed by atoms with Crippen molar-refractivity contribution in [3.63, 3.8) is 0 Å². The predicted molar refractivity (Wildman–Crippen MR) is 123 cm³/mol. The van der Waals surface area contributed by atoms with E-state index in [0.29, 0.717) is 6.42 Å². The molecule has 0 unspecified atom stereocenters. The second kappa shape index (κ2) is 10.5. The average Bonchev–Trinajstić information content (AvgIpc) is 2.82. The fraction of sp³-hybridized carbons (Fsp3) is 0.240. The third kappa shape index (κ3) is 5.60. The van der Waals surface area contributed by atoms with Crippen LogP contribution >= 0.6 is 0 Å². The van der Waals surface area contributed by atoms with Crippen molar-refractivity contribution >= 4 is 17.3 Å². The van der Waals surface area contributed by atoms with Crippen LogP contribution in [0.15, 0.2) is 78.9 Å². The number of ether oxygens (including phenoxy) is 1. The molecule has 0 aliphatic rings. The lowest BCUT2D eigenvalue weighted by Gasteiger charge is -2.32. The SMILES string of the molecule is CC[C@@H](C(c1ccccc1)c1ccccc1)[C@@H](C)OC(=O)c1cc([N+](=O)[O-])cc([N+](=O)[O-])c1. The van der Waals surface area contributed by atoms with Crippen molar-refractivity contribution < 1.29 is 19.4 Å². The second-order valence-corrected chi connectivity index (χ2v) is 7.73. The number of nitrogens with zero attached hydrogens (tertiary/aromatic N) is 2. The highest BCUT2D eigenvalue weighted by Gasteiger charge is 2.31. The van der Waals surface area contributed by atoms with Crippen LogP contribution in [-0.4, -0.2) is 21.9 Å². The number of non-ortho nitro benzene ring substituents is 2. The lowest BCUT2D eigenvalue weighted by molar-refractivity contribution is -0.394. The molecule has 3 aromatic carbocycles. The summed E-state index contributed by atoms with van der Waals surface area (Å²) in [4.78, 5) is 33.6. The van der Waals surface area contributed by atoms with Crippen LogP contribution in [0.2, 0.25) is 0 Å². The monoisotopic (exact) mass is 448 g/mol. The van der Waals surface area contributed by atoms with Crippen LogP contribution in [0.4, 0.5) is 11.4 Å². The summed E-state index contributed by atoms with van der Waals surface area (Å²) in [6, 6.07) is 22.6. The summed E-state index contributed by atoms with van der Waals surface area (Å²) >= 11 is 0. The van der Waals surface area contributed by atoms with Gasteiger partial charge >= 0.3 is 5.97 Å². The molecule has 0 heterocycles. The van der Waals surface area contributed by atoms with Gasteiger partial charge in [0.1, 0.15) is 6.10 Å². The summed E-state index contributed by atoms with van der Waals surface area (Å²) in [5.74, 6) is -1.00. The molecule has 0 aliphatic carbocycles. The molecule has 3 rings (SSSR count). The Labute approximate surface area is 191 Å². The lowest BCUT2D eigenvalue weighted by Crippen LogP contribution is -2.29. The van der Waals surface area contributed by atoms with E-state index in [1.54, 1.807) is 6.92 Å². The van der Waals surface area contributed by atoms with Crippen molar-refractivity contribution in [2.24, 2.45) is 5.92 Å². The number of carbonyl (C=O) groups is 1. The van der Waals surface area contributed by atoms with Crippen LogP contribution in [0.25, 0.3) is 0 Å². The molecule has 0 saturated heterocycles. The van der Waals surface area contributed by atoms with Gasteiger partial charge in [0.15, 0.2) is 0 Å². The lowest BCUT2D eigenvalue weighted by atomic mass is 9.77. The van der Waals surface area contributed by atoms with E-state index >= 15 is 0 Å². The minimum atomic E-state index is -0.840. The molecule has 33 heavy (non-hydrogen) atoms. The van der Waals surface area contributed by atoms with Crippen molar-refractivity contribution in [3.8, 4) is 0 Å². The Morgan fingerprint density at radius 2 is 1.30 bits per heavy atom. The number of nitro groups is 2. The Morgan fingerprint density at radius 3 is 1.70 bits per heavy atom. The molecule has 0 radical (unpaired) electrons. The zero-order chi connectivity index (χ0) is 24.0. The second-order valence-electron chi connectivity index (χ2n) is 7.73. The number of nitro benzene ring substituents is 2. The minimum absolute atomic E-state index is 0.0559. The van der Waals surface area contributed by atoms with Crippen molar-refractivity contribution in [3.05, 3.63) is 116 Å². The van der Waals surface area contributed by atoms with Crippen LogP contribution < -0.4 is 0 Å². The Morgan fingerprint density at radius 1 is 0.848 bits per heavy atom. The first-order chi connectivity index (χ1) is 15.8. The molecule has 0 bridgehead atoms. The van der Waals surface area contributed by atoms with Crippen molar-refractivity contribution in [2.75, 3.05) is 0 Å². The van der Waals surface area contributed by atoms with Gasteiger partial charge in [-0.2, -0.15) is 0 Å². The molecule has 3 aromatic rings. The van der Waals surface area contributed by atoms with Gasteiger partial charge in [-0.1, -0.05) is 67.6 Å². The Hall–Kier alpha value is -4.07. The standard InChI is InChI=1S/C25H24N2O6/c1-3-23(24(18-10-6-4-7-11-18)19-12-8-5-9-13-19)17(2)33-25(28)20-14-21(26(29)30)16-22(15-20)27(31)32/h4-17,23-24H,3H2,1-2H3/t17-,23-/m1/s1. The molecule has 8 nitrogen and oxygen atoms in total. The van der Waals surface area contributed by atoms with Gasteiger partial charge in [0.2, 0.25) is 0 Å². The van der Waals surface area contributed by atoms with Gasteiger partial charge in [-0.15, -0.1) is 0 Å². The summed E-state index contributed by atoms with van der Waals surface area (Å²) in [5.41, 5.74) is 0.840. The van der Waals surface area contributed by atoms with Crippen LogP contribution in [0.5, 0.6) is 0 Å². The molecule has 170 valence electrons. The molecular weight excluding hydrogens is 424 g/mol. The number of hydrogen-bond donors (Lipinski definition) is 0.